The molecule has 0 unspecified atom stereocenters. The average Bonchev–Trinajstić information content (AvgIpc) is 2.07. The van der Waals surface area contributed by atoms with Crippen molar-refractivity contribution in [1.82, 2.24) is 0 Å². The van der Waals surface area contributed by atoms with Crippen molar-refractivity contribution >= 4 is 17.4 Å². The normalized spacial score (nSPS) is 9.43. The number of nitrogens with zero attached hydrogens (tertiary/aromatic N) is 1. The molecule has 1 aromatic carbocycles. The Bertz CT molecular complexity index is 391. The third kappa shape index (κ3) is 2.09. The topological polar surface area (TPSA) is 118 Å². The number of phenols is 1. The molecule has 74 valence electrons. The Morgan fingerprint density at radius 1 is 1.57 bits per heavy atom. The van der Waals surface area contributed by atoms with E-state index in [1.54, 1.807) is 0 Å². The molecule has 0 bridgehead atoms. The summed E-state index contributed by atoms with van der Waals surface area (Å²) in [7, 11) is 0. The quantitative estimate of drug-likeness (QED) is 0.369. The Morgan fingerprint density at radius 2 is 2.21 bits per heavy atom. The third-order valence-corrected chi connectivity index (χ3v) is 1.45. The number of carbonyl (C=O) groups is 1. The Kier molecular flexibility index (Phi) is 2.52. The zero-order chi connectivity index (χ0) is 10.7. The van der Waals surface area contributed by atoms with Crippen LogP contribution in [0.4, 0.5) is 16.2 Å². The van der Waals surface area contributed by atoms with E-state index in [9.17, 15) is 20.0 Å². The first kappa shape index (κ1) is 9.78. The van der Waals surface area contributed by atoms with Gasteiger partial charge in [-0.2, -0.15) is 0 Å². The highest BCUT2D eigenvalue weighted by molar-refractivity contribution is 5.89. The number of aromatic hydroxyl groups is 1. The SMILES string of the molecule is NC(=O)Nc1ccc([N+](=O)[O-])cc1O. The Balaban J connectivity index is 3.01. The lowest BCUT2D eigenvalue weighted by Crippen LogP contribution is -2.19. The van der Waals surface area contributed by atoms with Gasteiger partial charge in [0.05, 0.1) is 16.7 Å². The number of anilines is 1. The van der Waals surface area contributed by atoms with Crippen LogP contribution >= 0.6 is 0 Å². The molecule has 0 saturated heterocycles. The maximum Gasteiger partial charge on any atom is 0.316 e. The molecule has 0 aliphatic carbocycles. The molecule has 0 aromatic heterocycles. The molecular weight excluding hydrogens is 190 g/mol. The first-order valence-electron chi connectivity index (χ1n) is 3.54. The van der Waals surface area contributed by atoms with Gasteiger partial charge in [0.25, 0.3) is 5.69 Å². The molecule has 14 heavy (non-hydrogen) atoms. The highest BCUT2D eigenvalue weighted by Crippen LogP contribution is 2.27. The number of amides is 2. The highest BCUT2D eigenvalue weighted by Gasteiger charge is 2.10. The van der Waals surface area contributed by atoms with E-state index >= 15 is 0 Å². The minimum atomic E-state index is -0.853. The van der Waals surface area contributed by atoms with E-state index < -0.39 is 16.7 Å². The number of benzene rings is 1. The lowest BCUT2D eigenvalue weighted by Gasteiger charge is -2.03. The molecular formula is C7H7N3O4. The fraction of sp³-hybridized carbons (Fsp3) is 0. The van der Waals surface area contributed by atoms with Crippen LogP contribution < -0.4 is 11.1 Å². The van der Waals surface area contributed by atoms with E-state index in [1.165, 1.54) is 6.07 Å². The van der Waals surface area contributed by atoms with Crippen LogP contribution in [0.15, 0.2) is 18.2 Å². The van der Waals surface area contributed by atoms with Crippen LogP contribution in [0.3, 0.4) is 0 Å². The summed E-state index contributed by atoms with van der Waals surface area (Å²) < 4.78 is 0. The predicted molar refractivity (Wildman–Crippen MR) is 48.0 cm³/mol. The first-order valence-corrected chi connectivity index (χ1v) is 3.54. The predicted octanol–water partition coefficient (Wildman–Crippen LogP) is 0.791. The summed E-state index contributed by atoms with van der Waals surface area (Å²) in [5.41, 5.74) is 4.56. The number of nitrogens with one attached hydrogen (secondary N) is 1. The molecule has 7 nitrogen and oxygen atoms in total. The molecule has 7 heteroatoms. The summed E-state index contributed by atoms with van der Waals surface area (Å²) in [5, 5.41) is 21.6. The molecule has 0 aliphatic heterocycles. The zero-order valence-corrected chi connectivity index (χ0v) is 6.93. The standard InChI is InChI=1S/C7H7N3O4/c8-7(12)9-5-2-1-4(10(13)14)3-6(5)11/h1-3,11H,(H3,8,9,12). The van der Waals surface area contributed by atoms with Gasteiger partial charge in [0.2, 0.25) is 0 Å². The Labute approximate surface area is 78.3 Å². The fourth-order valence-corrected chi connectivity index (χ4v) is 0.872. The molecule has 0 heterocycles. The van der Waals surface area contributed by atoms with Crippen molar-refractivity contribution in [2.24, 2.45) is 5.73 Å². The summed E-state index contributed by atoms with van der Waals surface area (Å²) >= 11 is 0. The number of carbonyl (C=O) groups excluding carboxylic acids is 1. The molecule has 2 amide bonds. The second kappa shape index (κ2) is 3.60. The van der Waals surface area contributed by atoms with Gasteiger partial charge in [-0.15, -0.1) is 0 Å². The summed E-state index contributed by atoms with van der Waals surface area (Å²) in [4.78, 5) is 20.0. The molecule has 1 rings (SSSR count). The van der Waals surface area contributed by atoms with E-state index in [0.29, 0.717) is 0 Å². The van der Waals surface area contributed by atoms with Crippen molar-refractivity contribution in [2.75, 3.05) is 5.32 Å². The number of nitro benzene ring substituents is 1. The van der Waals surface area contributed by atoms with E-state index in [4.69, 9.17) is 5.73 Å². The van der Waals surface area contributed by atoms with Gasteiger partial charge in [-0.05, 0) is 6.07 Å². The van der Waals surface area contributed by atoms with Crippen LogP contribution in [0.25, 0.3) is 0 Å². The first-order chi connectivity index (χ1) is 6.50. The van der Waals surface area contributed by atoms with Crippen molar-refractivity contribution in [1.29, 1.82) is 0 Å². The number of hydrogen-bond acceptors (Lipinski definition) is 4. The van der Waals surface area contributed by atoms with E-state index in [-0.39, 0.29) is 11.4 Å². The summed E-state index contributed by atoms with van der Waals surface area (Å²) in [6.45, 7) is 0. The van der Waals surface area contributed by atoms with Crippen molar-refractivity contribution < 1.29 is 14.8 Å². The second-order valence-electron chi connectivity index (χ2n) is 2.45. The second-order valence-corrected chi connectivity index (χ2v) is 2.45. The summed E-state index contributed by atoms with van der Waals surface area (Å²) in [6.07, 6.45) is 0. The average molecular weight is 197 g/mol. The van der Waals surface area contributed by atoms with Gasteiger partial charge in [-0.25, -0.2) is 4.79 Å². The van der Waals surface area contributed by atoms with Crippen LogP contribution in [0.2, 0.25) is 0 Å². The molecule has 0 atom stereocenters. The molecule has 1 aromatic rings. The van der Waals surface area contributed by atoms with Gasteiger partial charge >= 0.3 is 6.03 Å². The van der Waals surface area contributed by atoms with Crippen molar-refractivity contribution in [2.45, 2.75) is 0 Å². The van der Waals surface area contributed by atoms with Gasteiger partial charge in [0.15, 0.2) is 0 Å². The molecule has 0 fully saturated rings. The van der Waals surface area contributed by atoms with Gasteiger partial charge in [-0.1, -0.05) is 0 Å². The summed E-state index contributed by atoms with van der Waals surface area (Å²) in [6, 6.07) is 2.41. The van der Waals surface area contributed by atoms with E-state index in [1.807, 2.05) is 0 Å². The van der Waals surface area contributed by atoms with Crippen LogP contribution in [0, 0.1) is 10.1 Å². The number of nitro groups is 1. The van der Waals surface area contributed by atoms with Crippen LogP contribution in [0.5, 0.6) is 5.75 Å². The smallest absolute Gasteiger partial charge is 0.316 e. The third-order valence-electron chi connectivity index (χ3n) is 1.45. The van der Waals surface area contributed by atoms with Crippen molar-refractivity contribution in [3.05, 3.63) is 28.3 Å². The molecule has 0 aliphatic rings. The van der Waals surface area contributed by atoms with Crippen LogP contribution in [0.1, 0.15) is 0 Å². The lowest BCUT2D eigenvalue weighted by atomic mass is 10.2. The Morgan fingerprint density at radius 3 is 2.64 bits per heavy atom. The lowest BCUT2D eigenvalue weighted by molar-refractivity contribution is -0.384. The Hall–Kier alpha value is -2.31. The number of hydrogen-bond donors (Lipinski definition) is 3. The van der Waals surface area contributed by atoms with Gasteiger partial charge in [-0.3, -0.25) is 10.1 Å². The molecule has 4 N–H and O–H groups in total. The number of non-ortho nitro benzene ring substituents is 1. The number of nitrogens with two attached hydrogens (primary N) is 1. The van der Waals surface area contributed by atoms with Crippen molar-refractivity contribution in [3.8, 4) is 5.75 Å². The fourth-order valence-electron chi connectivity index (χ4n) is 0.872. The number of urea groups is 1. The van der Waals surface area contributed by atoms with Gasteiger partial charge in [0.1, 0.15) is 5.75 Å². The van der Waals surface area contributed by atoms with E-state index in [2.05, 4.69) is 5.32 Å². The zero-order valence-electron chi connectivity index (χ0n) is 6.93. The molecule has 0 spiro atoms. The van der Waals surface area contributed by atoms with E-state index in [0.717, 1.165) is 12.1 Å². The minimum Gasteiger partial charge on any atom is -0.506 e. The monoisotopic (exact) mass is 197 g/mol. The van der Waals surface area contributed by atoms with Crippen molar-refractivity contribution in [3.63, 3.8) is 0 Å². The minimum absolute atomic E-state index is 0.0306. The van der Waals surface area contributed by atoms with Crippen LogP contribution in [-0.4, -0.2) is 16.1 Å². The molecule has 0 radical (unpaired) electrons. The largest absolute Gasteiger partial charge is 0.506 e. The maximum atomic E-state index is 10.4. The van der Waals surface area contributed by atoms with Gasteiger partial charge in [0, 0.05) is 6.07 Å². The number of primary amides is 1. The molecule has 0 saturated carbocycles. The van der Waals surface area contributed by atoms with Crippen LogP contribution in [-0.2, 0) is 0 Å². The van der Waals surface area contributed by atoms with Gasteiger partial charge < -0.3 is 16.2 Å². The maximum absolute atomic E-state index is 10.4. The number of rotatable bonds is 2. The number of phenolic OH excluding ortho intramolecular Hbond substituents is 1. The summed E-state index contributed by atoms with van der Waals surface area (Å²) in [5.74, 6) is -0.405. The highest BCUT2D eigenvalue weighted by atomic mass is 16.6.